The lowest BCUT2D eigenvalue weighted by molar-refractivity contribution is 0.447. The number of hydrogen-bond acceptors (Lipinski definition) is 3. The lowest BCUT2D eigenvalue weighted by atomic mass is 10.0. The first-order valence-electron chi connectivity index (χ1n) is 7.23. The van der Waals surface area contributed by atoms with E-state index in [4.69, 9.17) is 4.52 Å². The summed E-state index contributed by atoms with van der Waals surface area (Å²) in [7, 11) is -0.583. The number of aromatic nitrogens is 2. The summed E-state index contributed by atoms with van der Waals surface area (Å²) < 4.78 is 5.71. The standard InChI is InChI=1S/C17H19N2O2P/c1-4-11-9-18-17-14(11)7-13(10-19-17)12-5-6-15(20)16(8-12)21-22(2)3/h5-10,20H,4H2,1-3H3,(H,18,19). The van der Waals surface area contributed by atoms with Crippen LogP contribution < -0.4 is 4.52 Å². The fraction of sp³-hybridized carbons (Fsp3) is 0.235. The highest BCUT2D eigenvalue weighted by molar-refractivity contribution is 7.51. The molecule has 2 aromatic heterocycles. The van der Waals surface area contributed by atoms with E-state index in [0.717, 1.165) is 28.6 Å². The SMILES string of the molecule is CCc1c[nH]c2ncc(-c3ccc(O)c(OP(C)C)c3)cc12. The molecule has 1 aromatic carbocycles. The summed E-state index contributed by atoms with van der Waals surface area (Å²) in [4.78, 5) is 7.68. The van der Waals surface area contributed by atoms with Crippen molar-refractivity contribution in [1.82, 2.24) is 9.97 Å². The Morgan fingerprint density at radius 2 is 2.05 bits per heavy atom. The van der Waals surface area contributed by atoms with Gasteiger partial charge in [-0.05, 0) is 49.1 Å². The number of aromatic amines is 1. The normalized spacial score (nSPS) is 11.3. The Morgan fingerprint density at radius 3 is 2.77 bits per heavy atom. The minimum absolute atomic E-state index is 0.171. The van der Waals surface area contributed by atoms with E-state index in [1.165, 1.54) is 5.56 Å². The van der Waals surface area contributed by atoms with Crippen molar-refractivity contribution in [1.29, 1.82) is 0 Å². The molecule has 114 valence electrons. The van der Waals surface area contributed by atoms with E-state index < -0.39 is 8.15 Å². The first-order chi connectivity index (χ1) is 10.6. The van der Waals surface area contributed by atoms with Crippen molar-refractivity contribution in [2.24, 2.45) is 0 Å². The van der Waals surface area contributed by atoms with Gasteiger partial charge in [0, 0.05) is 23.3 Å². The number of hydrogen-bond donors (Lipinski definition) is 2. The van der Waals surface area contributed by atoms with Gasteiger partial charge in [-0.1, -0.05) is 13.0 Å². The third-order valence-corrected chi connectivity index (χ3v) is 4.13. The quantitative estimate of drug-likeness (QED) is 0.695. The molecule has 3 aromatic rings. The zero-order valence-electron chi connectivity index (χ0n) is 12.9. The molecule has 0 atom stereocenters. The number of aromatic hydroxyl groups is 1. The predicted octanol–water partition coefficient (Wildman–Crippen LogP) is 4.53. The molecule has 0 bridgehead atoms. The summed E-state index contributed by atoms with van der Waals surface area (Å²) in [5.41, 5.74) is 4.16. The lowest BCUT2D eigenvalue weighted by Gasteiger charge is -2.12. The van der Waals surface area contributed by atoms with E-state index in [1.807, 2.05) is 37.9 Å². The largest absolute Gasteiger partial charge is 0.504 e. The van der Waals surface area contributed by atoms with Crippen LogP contribution in [0.3, 0.4) is 0 Å². The number of pyridine rings is 1. The Hall–Kier alpha value is -2.06. The van der Waals surface area contributed by atoms with Gasteiger partial charge in [-0.25, -0.2) is 4.98 Å². The van der Waals surface area contributed by atoms with Crippen molar-refractivity contribution in [3.05, 3.63) is 42.2 Å². The van der Waals surface area contributed by atoms with Crippen LogP contribution in [0.25, 0.3) is 22.2 Å². The van der Waals surface area contributed by atoms with Gasteiger partial charge < -0.3 is 14.6 Å². The summed E-state index contributed by atoms with van der Waals surface area (Å²) in [6.45, 7) is 6.14. The number of fused-ring (bicyclic) bond motifs is 1. The highest BCUT2D eigenvalue weighted by Gasteiger charge is 2.10. The van der Waals surface area contributed by atoms with Crippen LogP contribution in [-0.2, 0) is 6.42 Å². The summed E-state index contributed by atoms with van der Waals surface area (Å²) in [5.74, 6) is 0.698. The van der Waals surface area contributed by atoms with Gasteiger partial charge in [0.05, 0.1) is 8.15 Å². The molecule has 0 fully saturated rings. The van der Waals surface area contributed by atoms with Crippen LogP contribution in [0, 0.1) is 0 Å². The zero-order chi connectivity index (χ0) is 15.7. The van der Waals surface area contributed by atoms with Crippen molar-refractivity contribution in [2.75, 3.05) is 13.3 Å². The molecule has 2 N–H and O–H groups in total. The van der Waals surface area contributed by atoms with Gasteiger partial charge in [-0.2, -0.15) is 0 Å². The summed E-state index contributed by atoms with van der Waals surface area (Å²) in [5, 5.41) is 11.1. The minimum atomic E-state index is -0.583. The molecule has 0 aliphatic rings. The Balaban J connectivity index is 2.06. The van der Waals surface area contributed by atoms with Crippen LogP contribution >= 0.6 is 8.15 Å². The van der Waals surface area contributed by atoms with E-state index in [-0.39, 0.29) is 5.75 Å². The summed E-state index contributed by atoms with van der Waals surface area (Å²) >= 11 is 0. The molecule has 0 saturated carbocycles. The molecule has 3 rings (SSSR count). The van der Waals surface area contributed by atoms with Crippen molar-refractivity contribution in [3.63, 3.8) is 0 Å². The average molecular weight is 314 g/mol. The van der Waals surface area contributed by atoms with E-state index in [2.05, 4.69) is 23.0 Å². The molecule has 0 radical (unpaired) electrons. The molecule has 0 spiro atoms. The molecule has 4 nitrogen and oxygen atoms in total. The third kappa shape index (κ3) is 2.79. The number of H-pyrrole nitrogens is 1. The first-order valence-corrected chi connectivity index (χ1v) is 9.38. The number of rotatable bonds is 4. The maximum Gasteiger partial charge on any atom is 0.165 e. The number of nitrogens with zero attached hydrogens (tertiary/aromatic N) is 1. The molecule has 0 saturated heterocycles. The molecule has 0 unspecified atom stereocenters. The zero-order valence-corrected chi connectivity index (χ0v) is 13.8. The lowest BCUT2D eigenvalue weighted by Crippen LogP contribution is -1.87. The van der Waals surface area contributed by atoms with Crippen LogP contribution in [0.5, 0.6) is 11.5 Å². The van der Waals surface area contributed by atoms with Crippen molar-refractivity contribution in [3.8, 4) is 22.6 Å². The van der Waals surface area contributed by atoms with Gasteiger partial charge in [-0.15, -0.1) is 0 Å². The van der Waals surface area contributed by atoms with Crippen LogP contribution in [0.15, 0.2) is 36.7 Å². The molecule has 0 aliphatic carbocycles. The van der Waals surface area contributed by atoms with Crippen LogP contribution in [0.1, 0.15) is 12.5 Å². The van der Waals surface area contributed by atoms with Gasteiger partial charge in [0.15, 0.2) is 11.5 Å². The van der Waals surface area contributed by atoms with E-state index in [1.54, 1.807) is 6.07 Å². The number of phenols is 1. The summed E-state index contributed by atoms with van der Waals surface area (Å²) in [6.07, 6.45) is 4.81. The predicted molar refractivity (Wildman–Crippen MR) is 92.0 cm³/mol. The number of benzene rings is 1. The van der Waals surface area contributed by atoms with Crippen molar-refractivity contribution < 1.29 is 9.63 Å². The highest BCUT2D eigenvalue weighted by atomic mass is 31.1. The fourth-order valence-corrected chi connectivity index (χ4v) is 3.01. The third-order valence-electron chi connectivity index (χ3n) is 3.57. The Labute approximate surface area is 131 Å². The van der Waals surface area contributed by atoms with E-state index in [0.29, 0.717) is 5.75 Å². The van der Waals surface area contributed by atoms with Gasteiger partial charge in [-0.3, -0.25) is 0 Å². The van der Waals surface area contributed by atoms with Gasteiger partial charge in [0.1, 0.15) is 5.65 Å². The Kier molecular flexibility index (Phi) is 4.04. The Bertz CT molecular complexity index is 812. The van der Waals surface area contributed by atoms with Crippen LogP contribution in [-0.4, -0.2) is 28.4 Å². The fourth-order valence-electron chi connectivity index (χ4n) is 2.47. The van der Waals surface area contributed by atoms with Gasteiger partial charge in [0.2, 0.25) is 0 Å². The number of nitrogens with one attached hydrogen (secondary N) is 1. The molecule has 0 amide bonds. The second-order valence-corrected chi connectivity index (χ2v) is 7.18. The first kappa shape index (κ1) is 14.9. The maximum atomic E-state index is 9.92. The minimum Gasteiger partial charge on any atom is -0.504 e. The molecule has 0 aliphatic heterocycles. The monoisotopic (exact) mass is 314 g/mol. The number of aryl methyl sites for hydroxylation is 1. The molecular weight excluding hydrogens is 295 g/mol. The molecular formula is C17H19N2O2P. The topological polar surface area (TPSA) is 58.1 Å². The molecule has 2 heterocycles. The second kappa shape index (κ2) is 5.98. The van der Waals surface area contributed by atoms with Crippen LogP contribution in [0.4, 0.5) is 0 Å². The molecule has 5 heteroatoms. The van der Waals surface area contributed by atoms with Crippen LogP contribution in [0.2, 0.25) is 0 Å². The van der Waals surface area contributed by atoms with E-state index in [9.17, 15) is 5.11 Å². The highest BCUT2D eigenvalue weighted by Crippen LogP contribution is 2.39. The van der Waals surface area contributed by atoms with Crippen molar-refractivity contribution in [2.45, 2.75) is 13.3 Å². The maximum absolute atomic E-state index is 9.92. The van der Waals surface area contributed by atoms with Gasteiger partial charge in [0.25, 0.3) is 0 Å². The molecule has 22 heavy (non-hydrogen) atoms. The Morgan fingerprint density at radius 1 is 1.23 bits per heavy atom. The summed E-state index contributed by atoms with van der Waals surface area (Å²) in [6, 6.07) is 7.57. The second-order valence-electron chi connectivity index (χ2n) is 5.37. The number of phenolic OH excluding ortho intramolecular Hbond substituents is 1. The van der Waals surface area contributed by atoms with Gasteiger partial charge >= 0.3 is 0 Å². The van der Waals surface area contributed by atoms with Crippen molar-refractivity contribution >= 4 is 19.2 Å². The smallest absolute Gasteiger partial charge is 0.165 e. The van der Waals surface area contributed by atoms with E-state index >= 15 is 0 Å². The average Bonchev–Trinajstić information content (AvgIpc) is 2.91.